The number of anilines is 2. The number of methoxy groups -OCH3 is 2. The van der Waals surface area contributed by atoms with E-state index >= 15 is 0 Å². The summed E-state index contributed by atoms with van der Waals surface area (Å²) in [5.41, 5.74) is 0.812. The number of aromatic nitrogens is 3. The lowest BCUT2D eigenvalue weighted by Gasteiger charge is -2.37. The van der Waals surface area contributed by atoms with Crippen molar-refractivity contribution in [2.45, 2.75) is 116 Å². The van der Waals surface area contributed by atoms with Crippen molar-refractivity contribution < 1.29 is 56.1 Å². The Morgan fingerprint density at radius 2 is 1.47 bits per heavy atom. The van der Waals surface area contributed by atoms with Crippen molar-refractivity contribution in [1.82, 2.24) is 40.7 Å². The number of imidazole rings is 1. The van der Waals surface area contributed by atoms with Crippen LogP contribution in [-0.4, -0.2) is 124 Å². The van der Waals surface area contributed by atoms with Crippen molar-refractivity contribution in [1.29, 1.82) is 0 Å². The largest absolute Gasteiger partial charge is 0.573 e. The van der Waals surface area contributed by atoms with Crippen LogP contribution in [0, 0.1) is 17.8 Å². The third kappa shape index (κ3) is 12.5. The third-order valence-electron chi connectivity index (χ3n) is 14.1. The molecule has 4 aromatic rings. The number of likely N-dealkylation sites (tertiary alicyclic amines) is 2. The Balaban J connectivity index is 0.969. The van der Waals surface area contributed by atoms with Crippen LogP contribution >= 0.6 is 0 Å². The van der Waals surface area contributed by atoms with Gasteiger partial charge in [0, 0.05) is 36.8 Å². The summed E-state index contributed by atoms with van der Waals surface area (Å²) >= 11 is 0. The number of halogens is 3. The second-order valence-corrected chi connectivity index (χ2v) is 19.8. The van der Waals surface area contributed by atoms with Gasteiger partial charge in [0.05, 0.1) is 44.0 Å². The summed E-state index contributed by atoms with van der Waals surface area (Å²) in [6.07, 6.45) is 2.17. The number of carbonyl (C=O) groups excluding carboxylic acids is 6. The van der Waals surface area contributed by atoms with Crippen LogP contribution in [0.15, 0.2) is 67.0 Å². The first-order valence-electron chi connectivity index (χ1n) is 24.9. The second kappa shape index (κ2) is 23.2. The minimum Gasteiger partial charge on any atom is -0.453 e. The van der Waals surface area contributed by atoms with E-state index < -0.39 is 47.8 Å². The van der Waals surface area contributed by atoms with Crippen LogP contribution in [0.3, 0.4) is 0 Å². The van der Waals surface area contributed by atoms with E-state index in [1.807, 2.05) is 18.7 Å². The van der Waals surface area contributed by atoms with Gasteiger partial charge in [-0.25, -0.2) is 19.6 Å². The lowest BCUT2D eigenvalue weighted by molar-refractivity contribution is -0.274. The third-order valence-corrected chi connectivity index (χ3v) is 14.1. The molecule has 19 nitrogen and oxygen atoms in total. The van der Waals surface area contributed by atoms with Crippen LogP contribution in [0.25, 0.3) is 22.4 Å². The molecule has 74 heavy (non-hydrogen) atoms. The zero-order chi connectivity index (χ0) is 53.5. The van der Waals surface area contributed by atoms with Gasteiger partial charge in [-0.1, -0.05) is 64.8 Å². The predicted octanol–water partition coefficient (Wildman–Crippen LogP) is 7.79. The Hall–Kier alpha value is -7.39. The van der Waals surface area contributed by atoms with Gasteiger partial charge in [0.1, 0.15) is 35.0 Å². The molecule has 6 amide bonds. The Morgan fingerprint density at radius 1 is 0.811 bits per heavy atom. The summed E-state index contributed by atoms with van der Waals surface area (Å²) in [5.74, 6) is -1.39. The summed E-state index contributed by atoms with van der Waals surface area (Å²) in [7, 11) is 2.46. The van der Waals surface area contributed by atoms with Gasteiger partial charge in [0.25, 0.3) is 5.91 Å². The number of rotatable bonds is 17. The van der Waals surface area contributed by atoms with Crippen molar-refractivity contribution >= 4 is 47.3 Å². The number of fused-ring (bicyclic) bond motifs is 1. The Labute approximate surface area is 427 Å². The molecule has 2 saturated heterocycles. The summed E-state index contributed by atoms with van der Waals surface area (Å²) in [4.78, 5) is 94.5. The number of benzene rings is 2. The molecule has 0 spiro atoms. The molecular weight excluding hydrogens is 966 g/mol. The highest BCUT2D eigenvalue weighted by atomic mass is 19.4. The van der Waals surface area contributed by atoms with Gasteiger partial charge in [0.2, 0.25) is 17.7 Å². The molecule has 0 unspecified atom stereocenters. The van der Waals surface area contributed by atoms with Crippen molar-refractivity contribution in [3.05, 3.63) is 78.4 Å². The van der Waals surface area contributed by atoms with Crippen LogP contribution in [-0.2, 0) is 23.9 Å². The zero-order valence-electron chi connectivity index (χ0n) is 42.6. The fourth-order valence-corrected chi connectivity index (χ4v) is 10.2. The molecule has 398 valence electrons. The molecule has 1 aliphatic carbocycles. The summed E-state index contributed by atoms with van der Waals surface area (Å²) in [6, 6.07) is 11.6. The van der Waals surface area contributed by atoms with Crippen LogP contribution in [0.2, 0.25) is 0 Å². The average molecular weight is 1030 g/mol. The van der Waals surface area contributed by atoms with Crippen LogP contribution in [0.5, 0.6) is 5.75 Å². The molecule has 3 fully saturated rings. The molecule has 6 N–H and O–H groups in total. The van der Waals surface area contributed by atoms with Crippen molar-refractivity contribution in [3.63, 3.8) is 0 Å². The number of alkyl carbamates (subject to hydrolysis) is 2. The number of alkyl halides is 3. The van der Waals surface area contributed by atoms with Crippen molar-refractivity contribution in [3.8, 4) is 28.1 Å². The monoisotopic (exact) mass is 1030 g/mol. The minimum atomic E-state index is -5.07. The summed E-state index contributed by atoms with van der Waals surface area (Å²) in [5, 5.41) is 13.9. The molecule has 2 aromatic heterocycles. The maximum atomic E-state index is 14.2. The first-order chi connectivity index (χ1) is 35.2. The second-order valence-electron chi connectivity index (χ2n) is 19.8. The summed E-state index contributed by atoms with van der Waals surface area (Å²) < 4.78 is 55.5. The van der Waals surface area contributed by atoms with Crippen LogP contribution in [0.4, 0.5) is 34.3 Å². The smallest absolute Gasteiger partial charge is 0.453 e. The molecule has 0 bridgehead atoms. The summed E-state index contributed by atoms with van der Waals surface area (Å²) in [6.45, 7) is 9.81. The number of amides is 6. The van der Waals surface area contributed by atoms with E-state index in [0.717, 1.165) is 31.7 Å². The Morgan fingerprint density at radius 3 is 2.11 bits per heavy atom. The highest BCUT2D eigenvalue weighted by Crippen LogP contribution is 2.46. The Kier molecular flexibility index (Phi) is 17.1. The number of hydrogen-bond donors (Lipinski definition) is 6. The minimum absolute atomic E-state index is 0.00117. The van der Waals surface area contributed by atoms with Crippen LogP contribution in [0.1, 0.15) is 102 Å². The van der Waals surface area contributed by atoms with Gasteiger partial charge < -0.3 is 55.6 Å². The molecule has 4 heterocycles. The molecule has 22 heteroatoms. The van der Waals surface area contributed by atoms with Crippen molar-refractivity contribution in [2.75, 3.05) is 44.5 Å². The first kappa shape index (κ1) is 54.4. The normalized spacial score (nSPS) is 20.3. The predicted molar refractivity (Wildman–Crippen MR) is 267 cm³/mol. The van der Waals surface area contributed by atoms with E-state index in [2.05, 4.69) is 46.0 Å². The number of ether oxygens (including phenoxy) is 3. The van der Waals surface area contributed by atoms with E-state index in [1.54, 1.807) is 63.4 Å². The fourth-order valence-electron chi connectivity index (χ4n) is 10.2. The maximum absolute atomic E-state index is 14.2. The lowest BCUT2D eigenvalue weighted by atomic mass is 9.84. The molecule has 0 radical (unpaired) electrons. The zero-order valence-corrected chi connectivity index (χ0v) is 42.6. The lowest BCUT2D eigenvalue weighted by Crippen LogP contribution is -2.60. The number of aromatic amines is 1. The number of H-pyrrole nitrogens is 1. The molecule has 2 aromatic carbocycles. The maximum Gasteiger partial charge on any atom is 0.573 e. The number of hydrogen-bond acceptors (Lipinski definition) is 12. The van der Waals surface area contributed by atoms with Gasteiger partial charge in [-0.3, -0.25) is 19.2 Å². The molecule has 1 saturated carbocycles. The number of pyridine rings is 1. The van der Waals surface area contributed by atoms with Gasteiger partial charge in [-0.15, -0.1) is 13.2 Å². The van der Waals surface area contributed by atoms with E-state index in [1.165, 1.54) is 37.4 Å². The van der Waals surface area contributed by atoms with E-state index in [9.17, 15) is 41.9 Å². The first-order valence-corrected chi connectivity index (χ1v) is 24.9. The van der Waals surface area contributed by atoms with Gasteiger partial charge in [-0.2, -0.15) is 0 Å². The average Bonchev–Trinajstić information content (AvgIpc) is 4.13. The SMILES string of the molecule is COC(=O)N[C@H](C(=O)N1[C@H](c2ncc(-c3ccc(-c4ccc(C(=O)Nc5ccc(NCCNC(=O)[C@]6(C)CCCN6C(=O)[C@@H](NC(=O)OC)C(C)C)nc5)cc4OC(F)(F)F)cc3)[nH]2)C[C@@H]2CCCC[C@@H]21)C(C)C. The van der Waals surface area contributed by atoms with Gasteiger partial charge >= 0.3 is 18.5 Å². The van der Waals surface area contributed by atoms with Gasteiger partial charge in [-0.05, 0) is 98.2 Å². The van der Waals surface area contributed by atoms with Crippen LogP contribution < -0.4 is 31.3 Å². The molecule has 7 rings (SSSR count). The van der Waals surface area contributed by atoms with E-state index in [0.29, 0.717) is 54.3 Å². The Bertz CT molecular complexity index is 2660. The fraction of sp³-hybridized carbons (Fsp3) is 0.500. The highest BCUT2D eigenvalue weighted by Gasteiger charge is 2.49. The standard InChI is InChI=1S/C52H65F3N10O9/c1-29(2)42(62-49(70)72-6)46(67)64-24-10-21-51(64,5)48(69)57-23-22-56-41-20-18-35(27-58-41)60-45(66)34-17-19-36(40(26-34)74-52(53,54)55)31-13-15-32(16-14-31)37-28-59-44(61-37)39-25-33-11-8-9-12-38(33)65(39)47(68)43(30(3)4)63-50(71)73-7/h13-20,26-30,33,38-39,42-43H,8-12,21-25H2,1-7H3,(H,56,58)(H,57,69)(H,59,61)(H,60,66)(H,62,70)(H,63,71)/t33-,38-,39-,42-,43-,51-/m0/s1. The van der Waals surface area contributed by atoms with E-state index in [4.69, 9.17) is 9.72 Å². The number of nitrogens with one attached hydrogen (secondary N) is 6. The molecule has 2 aliphatic heterocycles. The molecule has 3 aliphatic rings. The topological polar surface area (TPSA) is 238 Å². The number of carbonyl (C=O) groups is 6. The molecule has 6 atom stereocenters. The van der Waals surface area contributed by atoms with Crippen molar-refractivity contribution in [2.24, 2.45) is 17.8 Å². The highest BCUT2D eigenvalue weighted by molar-refractivity contribution is 6.05. The molecular formula is C52H65F3N10O9. The van der Waals surface area contributed by atoms with Gasteiger partial charge in [0.15, 0.2) is 0 Å². The van der Waals surface area contributed by atoms with E-state index in [-0.39, 0.29) is 77.5 Å². The quantitative estimate of drug-likeness (QED) is 0.0556. The number of nitrogens with zero attached hydrogens (tertiary/aromatic N) is 4.